The van der Waals surface area contributed by atoms with Crippen molar-refractivity contribution in [2.24, 2.45) is 5.73 Å². The van der Waals surface area contributed by atoms with Crippen molar-refractivity contribution in [2.75, 3.05) is 0 Å². The molecule has 3 N–H and O–H groups in total. The van der Waals surface area contributed by atoms with Crippen molar-refractivity contribution in [3.8, 4) is 0 Å². The topological polar surface area (TPSA) is 54.7 Å². The third-order valence-electron chi connectivity index (χ3n) is 3.28. The molecule has 0 spiro atoms. The normalized spacial score (nSPS) is 12.8. The lowest BCUT2D eigenvalue weighted by atomic mass is 10.1. The zero-order chi connectivity index (χ0) is 15.0. The minimum absolute atomic E-state index is 0.227. The summed E-state index contributed by atoms with van der Waals surface area (Å²) in [4.78, 5) is 8.75. The van der Waals surface area contributed by atoms with Gasteiger partial charge < -0.3 is 10.7 Å². The Morgan fingerprint density at radius 2 is 2.05 bits per heavy atom. The molecule has 21 heavy (non-hydrogen) atoms. The van der Waals surface area contributed by atoms with E-state index < -0.39 is 0 Å². The summed E-state index contributed by atoms with van der Waals surface area (Å²) in [6, 6.07) is 10.5. The molecule has 0 aliphatic rings. The van der Waals surface area contributed by atoms with Gasteiger partial charge in [0.15, 0.2) is 5.16 Å². The molecular weight excluding hydrogens is 285 g/mol. The average Bonchev–Trinajstić information content (AvgIpc) is 2.82. The maximum absolute atomic E-state index is 13.4. The van der Waals surface area contributed by atoms with Crippen LogP contribution in [0.1, 0.15) is 24.1 Å². The van der Waals surface area contributed by atoms with E-state index in [1.54, 1.807) is 6.07 Å². The standard InChI is InChI=1S/C16H16FN3S/c1-9-3-5-13-14(7-9)20-16(19-13)21-15-6-4-11(17)8-12(15)10(2)18/h3-8,10H,18H2,1-2H3,(H,19,20)/t10-/m0/s1. The van der Waals surface area contributed by atoms with Gasteiger partial charge >= 0.3 is 0 Å². The maximum Gasteiger partial charge on any atom is 0.171 e. The second-order valence-electron chi connectivity index (χ2n) is 5.14. The van der Waals surface area contributed by atoms with Gasteiger partial charge in [0.05, 0.1) is 11.0 Å². The van der Waals surface area contributed by atoms with Crippen molar-refractivity contribution in [3.05, 3.63) is 53.3 Å². The van der Waals surface area contributed by atoms with E-state index in [9.17, 15) is 4.39 Å². The number of aromatic nitrogens is 2. The number of rotatable bonds is 3. The summed E-state index contributed by atoms with van der Waals surface area (Å²) in [5.41, 5.74) is 9.82. The van der Waals surface area contributed by atoms with Crippen molar-refractivity contribution < 1.29 is 4.39 Å². The van der Waals surface area contributed by atoms with Crippen LogP contribution in [0.15, 0.2) is 46.5 Å². The number of aromatic amines is 1. The molecule has 0 saturated heterocycles. The van der Waals surface area contributed by atoms with Crippen LogP contribution >= 0.6 is 11.8 Å². The van der Waals surface area contributed by atoms with E-state index in [0.29, 0.717) is 0 Å². The van der Waals surface area contributed by atoms with Gasteiger partial charge in [0.2, 0.25) is 0 Å². The highest BCUT2D eigenvalue weighted by Crippen LogP contribution is 2.32. The number of aryl methyl sites for hydroxylation is 1. The molecular formula is C16H16FN3S. The summed E-state index contributed by atoms with van der Waals surface area (Å²) in [5.74, 6) is -0.271. The summed E-state index contributed by atoms with van der Waals surface area (Å²) in [6.45, 7) is 3.89. The molecule has 0 saturated carbocycles. The minimum Gasteiger partial charge on any atom is -0.333 e. The van der Waals surface area contributed by atoms with Crippen LogP contribution in [0.3, 0.4) is 0 Å². The Hall–Kier alpha value is -1.85. The van der Waals surface area contributed by atoms with E-state index in [4.69, 9.17) is 5.73 Å². The van der Waals surface area contributed by atoms with E-state index in [0.717, 1.165) is 26.6 Å². The number of hydrogen-bond acceptors (Lipinski definition) is 3. The lowest BCUT2D eigenvalue weighted by Gasteiger charge is -2.11. The van der Waals surface area contributed by atoms with Gasteiger partial charge in [-0.05, 0) is 55.3 Å². The number of hydrogen-bond donors (Lipinski definition) is 2. The SMILES string of the molecule is Cc1ccc2nc(Sc3ccc(F)cc3[C@H](C)N)[nH]c2c1. The van der Waals surface area contributed by atoms with Crippen molar-refractivity contribution in [3.63, 3.8) is 0 Å². The number of nitrogens with two attached hydrogens (primary N) is 1. The fourth-order valence-electron chi connectivity index (χ4n) is 2.22. The fourth-order valence-corrected chi connectivity index (χ4v) is 3.23. The van der Waals surface area contributed by atoms with Crippen molar-refractivity contribution >= 4 is 22.8 Å². The molecule has 3 aromatic rings. The molecule has 0 radical (unpaired) electrons. The van der Waals surface area contributed by atoms with Gasteiger partial charge in [-0.15, -0.1) is 0 Å². The number of benzene rings is 2. The molecule has 0 amide bonds. The quantitative estimate of drug-likeness (QED) is 0.763. The zero-order valence-corrected chi connectivity index (χ0v) is 12.7. The zero-order valence-electron chi connectivity index (χ0n) is 11.9. The molecule has 0 unspecified atom stereocenters. The molecule has 0 bridgehead atoms. The highest BCUT2D eigenvalue weighted by atomic mass is 32.2. The Bertz CT molecular complexity index is 795. The second kappa shape index (κ2) is 5.50. The number of imidazole rings is 1. The van der Waals surface area contributed by atoms with Crippen molar-refractivity contribution in [2.45, 2.75) is 29.9 Å². The smallest absolute Gasteiger partial charge is 0.171 e. The molecule has 3 rings (SSSR count). The maximum atomic E-state index is 13.4. The molecule has 1 atom stereocenters. The van der Waals surface area contributed by atoms with Crippen LogP contribution in [0.5, 0.6) is 0 Å². The summed E-state index contributed by atoms with van der Waals surface area (Å²) < 4.78 is 13.4. The van der Waals surface area contributed by atoms with E-state index in [1.165, 1.54) is 29.5 Å². The summed E-state index contributed by atoms with van der Waals surface area (Å²) >= 11 is 1.47. The Labute approximate surface area is 126 Å². The van der Waals surface area contributed by atoms with Crippen LogP contribution in [-0.2, 0) is 0 Å². The number of nitrogens with one attached hydrogen (secondary N) is 1. The molecule has 0 aliphatic heterocycles. The van der Waals surface area contributed by atoms with E-state index in [-0.39, 0.29) is 11.9 Å². The molecule has 0 aliphatic carbocycles. The van der Waals surface area contributed by atoms with Crippen LogP contribution < -0.4 is 5.73 Å². The van der Waals surface area contributed by atoms with Crippen LogP contribution in [0.2, 0.25) is 0 Å². The summed E-state index contributed by atoms with van der Waals surface area (Å²) in [6.07, 6.45) is 0. The largest absolute Gasteiger partial charge is 0.333 e. The van der Waals surface area contributed by atoms with Gasteiger partial charge in [-0.25, -0.2) is 9.37 Å². The number of fused-ring (bicyclic) bond motifs is 1. The third kappa shape index (κ3) is 2.94. The third-order valence-corrected chi connectivity index (χ3v) is 4.26. The van der Waals surface area contributed by atoms with Crippen LogP contribution in [0.25, 0.3) is 11.0 Å². The van der Waals surface area contributed by atoms with Crippen molar-refractivity contribution in [1.29, 1.82) is 0 Å². The molecule has 0 fully saturated rings. The van der Waals surface area contributed by atoms with Gasteiger partial charge in [-0.3, -0.25) is 0 Å². The number of nitrogens with zero attached hydrogens (tertiary/aromatic N) is 1. The van der Waals surface area contributed by atoms with Gasteiger partial charge in [0, 0.05) is 10.9 Å². The average molecular weight is 301 g/mol. The molecule has 5 heteroatoms. The van der Waals surface area contributed by atoms with Gasteiger partial charge in [-0.1, -0.05) is 17.8 Å². The Morgan fingerprint density at radius 1 is 1.24 bits per heavy atom. The Kier molecular flexibility index (Phi) is 3.69. The highest BCUT2D eigenvalue weighted by Gasteiger charge is 2.12. The summed E-state index contributed by atoms with van der Waals surface area (Å²) in [7, 11) is 0. The minimum atomic E-state index is -0.271. The van der Waals surface area contributed by atoms with Crippen LogP contribution in [-0.4, -0.2) is 9.97 Å². The van der Waals surface area contributed by atoms with Gasteiger partial charge in [0.1, 0.15) is 5.82 Å². The first-order chi connectivity index (χ1) is 10.0. The first kappa shape index (κ1) is 14.1. The molecule has 2 aromatic carbocycles. The lowest BCUT2D eigenvalue weighted by molar-refractivity contribution is 0.619. The Morgan fingerprint density at radius 3 is 2.81 bits per heavy atom. The molecule has 1 heterocycles. The summed E-state index contributed by atoms with van der Waals surface area (Å²) in [5, 5.41) is 0.782. The Balaban J connectivity index is 1.98. The van der Waals surface area contributed by atoms with E-state index in [2.05, 4.69) is 16.0 Å². The molecule has 3 nitrogen and oxygen atoms in total. The molecule has 1 aromatic heterocycles. The second-order valence-corrected chi connectivity index (χ2v) is 6.17. The van der Waals surface area contributed by atoms with Gasteiger partial charge in [-0.2, -0.15) is 0 Å². The van der Waals surface area contributed by atoms with Gasteiger partial charge in [0.25, 0.3) is 0 Å². The predicted octanol–water partition coefficient (Wildman–Crippen LogP) is 4.18. The van der Waals surface area contributed by atoms with E-state index >= 15 is 0 Å². The highest BCUT2D eigenvalue weighted by molar-refractivity contribution is 7.99. The van der Waals surface area contributed by atoms with Crippen LogP contribution in [0.4, 0.5) is 4.39 Å². The monoisotopic (exact) mass is 301 g/mol. The van der Waals surface area contributed by atoms with Crippen molar-refractivity contribution in [1.82, 2.24) is 9.97 Å². The first-order valence-corrected chi connectivity index (χ1v) is 7.54. The number of halogens is 1. The van der Waals surface area contributed by atoms with E-state index in [1.807, 2.05) is 26.0 Å². The number of H-pyrrole nitrogens is 1. The lowest BCUT2D eigenvalue weighted by Crippen LogP contribution is -2.06. The predicted molar refractivity (Wildman–Crippen MR) is 84.0 cm³/mol. The first-order valence-electron chi connectivity index (χ1n) is 6.72. The molecule has 108 valence electrons. The fraction of sp³-hybridized carbons (Fsp3) is 0.188. The van der Waals surface area contributed by atoms with Crippen LogP contribution in [0, 0.1) is 12.7 Å².